The first kappa shape index (κ1) is 25.8. The zero-order chi connectivity index (χ0) is 21.3. The van der Waals surface area contributed by atoms with Gasteiger partial charge in [0.1, 0.15) is 0 Å². The quantitative estimate of drug-likeness (QED) is 0.146. The second-order valence-electron chi connectivity index (χ2n) is 8.62. The molecule has 166 valence electrons. The smallest absolute Gasteiger partial charge is 0.195 e. The summed E-state index contributed by atoms with van der Waals surface area (Å²) in [5.74, 6) is 2.66. The molecule has 0 bridgehead atoms. The zero-order valence-electron chi connectivity index (χ0n) is 19.3. The lowest BCUT2D eigenvalue weighted by atomic mass is 10.1. The van der Waals surface area contributed by atoms with Crippen LogP contribution in [0.5, 0.6) is 0 Å². The molecule has 3 nitrogen and oxygen atoms in total. The van der Waals surface area contributed by atoms with Gasteiger partial charge in [0.05, 0.1) is 0 Å². The van der Waals surface area contributed by atoms with Crippen molar-refractivity contribution in [2.24, 2.45) is 16.8 Å². The highest BCUT2D eigenvalue weighted by Gasteiger charge is 2.07. The SMILES string of the molecule is CCCCCCCCCN/C(=N\C=C(/C)C1=CCCC(CCl)C=C1)NCC(C)C. The van der Waals surface area contributed by atoms with E-state index >= 15 is 0 Å². The van der Waals surface area contributed by atoms with Crippen LogP contribution in [-0.4, -0.2) is 24.9 Å². The molecular formula is C25H44ClN3. The van der Waals surface area contributed by atoms with Gasteiger partial charge in [0.2, 0.25) is 0 Å². The van der Waals surface area contributed by atoms with Gasteiger partial charge in [-0.15, -0.1) is 11.6 Å². The molecule has 1 unspecified atom stereocenters. The number of hydrogen-bond donors (Lipinski definition) is 2. The third-order valence-corrected chi connectivity index (χ3v) is 5.64. The van der Waals surface area contributed by atoms with E-state index in [9.17, 15) is 0 Å². The van der Waals surface area contributed by atoms with Crippen LogP contribution in [0.3, 0.4) is 0 Å². The third-order valence-electron chi connectivity index (χ3n) is 5.24. The molecule has 0 heterocycles. The standard InChI is InChI=1S/C25H44ClN3/c1-5-6-7-8-9-10-11-17-27-25(28-19-21(2)3)29-20-22(4)24-14-12-13-23(18-26)15-16-24/h14-16,20-21,23H,5-13,17-19H2,1-4H3,(H2,27,28,29)/b22-20+. The van der Waals surface area contributed by atoms with Gasteiger partial charge in [-0.25, -0.2) is 4.99 Å². The van der Waals surface area contributed by atoms with Gasteiger partial charge >= 0.3 is 0 Å². The third kappa shape index (κ3) is 12.8. The Labute approximate surface area is 185 Å². The lowest BCUT2D eigenvalue weighted by Gasteiger charge is -2.13. The van der Waals surface area contributed by atoms with Crippen molar-refractivity contribution < 1.29 is 0 Å². The fraction of sp³-hybridized carbons (Fsp3) is 0.720. The Balaban J connectivity index is 2.55. The van der Waals surface area contributed by atoms with Gasteiger partial charge < -0.3 is 10.6 Å². The van der Waals surface area contributed by atoms with E-state index in [2.05, 4.69) is 56.6 Å². The number of halogens is 1. The number of aliphatic imine (C=N–C) groups is 1. The fourth-order valence-electron chi connectivity index (χ4n) is 3.26. The second kappa shape index (κ2) is 16.6. The van der Waals surface area contributed by atoms with Crippen LogP contribution in [0.4, 0.5) is 0 Å². The molecule has 0 aromatic rings. The van der Waals surface area contributed by atoms with Crippen LogP contribution < -0.4 is 10.6 Å². The van der Waals surface area contributed by atoms with Crippen LogP contribution in [0, 0.1) is 11.8 Å². The van der Waals surface area contributed by atoms with E-state index in [1.165, 1.54) is 56.1 Å². The van der Waals surface area contributed by atoms with Crippen molar-refractivity contribution in [2.75, 3.05) is 19.0 Å². The largest absolute Gasteiger partial charge is 0.356 e. The molecule has 0 aliphatic heterocycles. The Morgan fingerprint density at radius 1 is 1.17 bits per heavy atom. The number of allylic oxidation sites excluding steroid dienone is 5. The first-order valence-corrected chi connectivity index (χ1v) is 12.3. The summed E-state index contributed by atoms with van der Waals surface area (Å²) in [6, 6.07) is 0. The van der Waals surface area contributed by atoms with Crippen LogP contribution in [0.25, 0.3) is 0 Å². The van der Waals surface area contributed by atoms with Crippen LogP contribution in [0.15, 0.2) is 40.6 Å². The first-order valence-electron chi connectivity index (χ1n) is 11.7. The molecule has 1 aliphatic carbocycles. The minimum absolute atomic E-state index is 0.480. The van der Waals surface area contributed by atoms with Crippen molar-refractivity contribution in [3.63, 3.8) is 0 Å². The molecule has 1 aliphatic rings. The molecule has 0 aromatic heterocycles. The van der Waals surface area contributed by atoms with Gasteiger partial charge in [-0.1, -0.05) is 77.5 Å². The average molecular weight is 422 g/mol. The summed E-state index contributed by atoms with van der Waals surface area (Å²) in [5, 5.41) is 6.97. The summed E-state index contributed by atoms with van der Waals surface area (Å²) in [6.45, 7) is 10.7. The first-order chi connectivity index (χ1) is 14.1. The summed E-state index contributed by atoms with van der Waals surface area (Å²) < 4.78 is 0. The molecule has 0 aromatic carbocycles. The highest BCUT2D eigenvalue weighted by molar-refractivity contribution is 6.18. The van der Waals surface area contributed by atoms with Crippen molar-refractivity contribution in [3.05, 3.63) is 35.6 Å². The molecule has 0 spiro atoms. The number of alkyl halides is 1. The molecular weight excluding hydrogens is 378 g/mol. The summed E-state index contributed by atoms with van der Waals surface area (Å²) in [5.41, 5.74) is 2.45. The number of nitrogens with one attached hydrogen (secondary N) is 2. The van der Waals surface area contributed by atoms with Crippen LogP contribution >= 0.6 is 11.6 Å². The van der Waals surface area contributed by atoms with Crippen LogP contribution in [-0.2, 0) is 0 Å². The van der Waals surface area contributed by atoms with Crippen LogP contribution in [0.1, 0.15) is 85.5 Å². The number of unbranched alkanes of at least 4 members (excludes halogenated alkanes) is 6. The Morgan fingerprint density at radius 2 is 1.90 bits per heavy atom. The van der Waals surface area contributed by atoms with E-state index in [-0.39, 0.29) is 0 Å². The Hall–Kier alpha value is -1.22. The molecule has 0 saturated carbocycles. The maximum atomic E-state index is 6.02. The van der Waals surface area contributed by atoms with Gasteiger partial charge in [-0.05, 0) is 49.2 Å². The van der Waals surface area contributed by atoms with Crippen molar-refractivity contribution in [3.8, 4) is 0 Å². The van der Waals surface area contributed by atoms with Gasteiger partial charge in [0, 0.05) is 25.2 Å². The Morgan fingerprint density at radius 3 is 2.59 bits per heavy atom. The summed E-state index contributed by atoms with van der Waals surface area (Å²) in [7, 11) is 0. The van der Waals surface area contributed by atoms with Crippen molar-refractivity contribution in [1.29, 1.82) is 0 Å². The molecule has 4 heteroatoms. The number of nitrogens with zero attached hydrogens (tertiary/aromatic N) is 1. The molecule has 0 radical (unpaired) electrons. The van der Waals surface area contributed by atoms with E-state index < -0.39 is 0 Å². The minimum Gasteiger partial charge on any atom is -0.356 e. The van der Waals surface area contributed by atoms with Crippen molar-refractivity contribution in [1.82, 2.24) is 10.6 Å². The van der Waals surface area contributed by atoms with Gasteiger partial charge in [0.15, 0.2) is 5.96 Å². The Kier molecular flexibility index (Phi) is 14.7. The molecule has 0 saturated heterocycles. The van der Waals surface area contributed by atoms with Gasteiger partial charge in [-0.3, -0.25) is 0 Å². The van der Waals surface area contributed by atoms with E-state index in [1.54, 1.807) is 0 Å². The molecule has 0 amide bonds. The molecule has 1 rings (SSSR count). The number of guanidine groups is 1. The summed E-state index contributed by atoms with van der Waals surface area (Å²) >= 11 is 6.02. The Bertz CT molecular complexity index is 546. The van der Waals surface area contributed by atoms with E-state index in [0.29, 0.717) is 17.7 Å². The predicted molar refractivity (Wildman–Crippen MR) is 131 cm³/mol. The highest BCUT2D eigenvalue weighted by atomic mass is 35.5. The van der Waals surface area contributed by atoms with E-state index in [4.69, 9.17) is 16.6 Å². The number of hydrogen-bond acceptors (Lipinski definition) is 1. The van der Waals surface area contributed by atoms with E-state index in [0.717, 1.165) is 31.9 Å². The summed E-state index contributed by atoms with van der Waals surface area (Å²) in [4.78, 5) is 4.73. The maximum absolute atomic E-state index is 6.02. The monoisotopic (exact) mass is 421 g/mol. The predicted octanol–water partition coefficient (Wildman–Crippen LogP) is 6.96. The molecule has 29 heavy (non-hydrogen) atoms. The lowest BCUT2D eigenvalue weighted by molar-refractivity contribution is 0.579. The normalized spacial score (nSPS) is 18.0. The fourth-order valence-corrected chi connectivity index (χ4v) is 3.51. The zero-order valence-corrected chi connectivity index (χ0v) is 20.0. The summed E-state index contributed by atoms with van der Waals surface area (Å²) in [6.07, 6.45) is 20.2. The van der Waals surface area contributed by atoms with Crippen molar-refractivity contribution in [2.45, 2.75) is 85.5 Å². The van der Waals surface area contributed by atoms with Crippen molar-refractivity contribution >= 4 is 17.6 Å². The van der Waals surface area contributed by atoms with Gasteiger partial charge in [-0.2, -0.15) is 0 Å². The van der Waals surface area contributed by atoms with E-state index in [1.807, 2.05) is 6.20 Å². The molecule has 0 fully saturated rings. The lowest BCUT2D eigenvalue weighted by Crippen LogP contribution is -2.39. The minimum atomic E-state index is 0.480. The highest BCUT2D eigenvalue weighted by Crippen LogP contribution is 2.21. The molecule has 2 N–H and O–H groups in total. The second-order valence-corrected chi connectivity index (χ2v) is 8.93. The van der Waals surface area contributed by atoms with Crippen LogP contribution in [0.2, 0.25) is 0 Å². The number of rotatable bonds is 13. The average Bonchev–Trinajstić information content (AvgIpc) is 2.96. The topological polar surface area (TPSA) is 36.4 Å². The maximum Gasteiger partial charge on any atom is 0.195 e. The van der Waals surface area contributed by atoms with Gasteiger partial charge in [0.25, 0.3) is 0 Å². The molecule has 1 atom stereocenters.